The number of benzene rings is 2. The second-order valence-electron chi connectivity index (χ2n) is 10.3. The molecule has 2 aromatic carbocycles. The van der Waals surface area contributed by atoms with Gasteiger partial charge < -0.3 is 5.73 Å². The van der Waals surface area contributed by atoms with Crippen LogP contribution in [0.1, 0.15) is 73.8 Å². The zero-order valence-corrected chi connectivity index (χ0v) is 21.6. The molecule has 32 heavy (non-hydrogen) atoms. The van der Waals surface area contributed by atoms with Crippen LogP contribution in [0.5, 0.6) is 0 Å². The van der Waals surface area contributed by atoms with Gasteiger partial charge in [0.2, 0.25) is 5.91 Å². The number of hydrogen-bond donors (Lipinski definition) is 1. The molecule has 2 N–H and O–H groups in total. The van der Waals surface area contributed by atoms with Crippen LogP contribution in [0, 0.1) is 0 Å². The van der Waals surface area contributed by atoms with Crippen molar-refractivity contribution >= 4 is 16.7 Å². The fraction of sp³-hybridized carbons (Fsp3) is 0.607. The summed E-state index contributed by atoms with van der Waals surface area (Å²) in [4.78, 5) is 18.3. The van der Waals surface area contributed by atoms with Crippen molar-refractivity contribution < 1.29 is 4.79 Å². The summed E-state index contributed by atoms with van der Waals surface area (Å²) in [5.41, 5.74) is 6.65. The molecule has 2 aromatic rings. The molecule has 0 aromatic heterocycles. The van der Waals surface area contributed by atoms with Crippen molar-refractivity contribution in [2.45, 2.75) is 97.8 Å². The van der Waals surface area contributed by atoms with Crippen LogP contribution < -0.4 is 5.73 Å². The number of carbonyl (C=O) groups excluding carboxylic acids is 1. The summed E-state index contributed by atoms with van der Waals surface area (Å²) in [5, 5.41) is 2.29. The molecule has 0 spiro atoms. The van der Waals surface area contributed by atoms with Gasteiger partial charge in [0.25, 0.3) is 0 Å². The van der Waals surface area contributed by atoms with Crippen molar-refractivity contribution in [2.75, 3.05) is 13.1 Å². The number of rotatable bonds is 12. The molecule has 178 valence electrons. The summed E-state index contributed by atoms with van der Waals surface area (Å²) in [6, 6.07) is 16.3. The molecule has 0 unspecified atom stereocenters. The van der Waals surface area contributed by atoms with Gasteiger partial charge in [0.05, 0.1) is 5.41 Å². The quantitative estimate of drug-likeness (QED) is 0.470. The fourth-order valence-electron chi connectivity index (χ4n) is 5.28. The van der Waals surface area contributed by atoms with E-state index < -0.39 is 5.41 Å². The molecule has 0 fully saturated rings. The van der Waals surface area contributed by atoms with Gasteiger partial charge in [-0.1, -0.05) is 42.5 Å². The molecule has 4 heteroatoms. The average Bonchev–Trinajstić information content (AvgIpc) is 2.71. The van der Waals surface area contributed by atoms with Crippen LogP contribution in [0.15, 0.2) is 42.5 Å². The van der Waals surface area contributed by atoms with E-state index in [9.17, 15) is 4.79 Å². The SMILES string of the molecule is CC(C)N(CCC(CCN(C(C)C)C(C)C)(C(N)=O)c1cccc2ccccc12)C(C)C. The Morgan fingerprint density at radius 1 is 0.750 bits per heavy atom. The topological polar surface area (TPSA) is 49.6 Å². The van der Waals surface area contributed by atoms with Crippen LogP contribution in [0.3, 0.4) is 0 Å². The number of hydrogen-bond acceptors (Lipinski definition) is 3. The highest BCUT2D eigenvalue weighted by Gasteiger charge is 2.40. The standard InChI is InChI=1S/C28H45N3O/c1-20(2)30(21(3)4)18-16-28(27(29)32,17-19-31(22(5)6)23(7)8)26-15-11-13-24-12-9-10-14-25(24)26/h9-15,20-23H,16-19H2,1-8H3,(H2,29,32). The van der Waals surface area contributed by atoms with Crippen LogP contribution in [-0.4, -0.2) is 53.0 Å². The lowest BCUT2D eigenvalue weighted by molar-refractivity contribution is -0.124. The Morgan fingerprint density at radius 3 is 1.62 bits per heavy atom. The lowest BCUT2D eigenvalue weighted by atomic mass is 9.72. The molecule has 0 aliphatic heterocycles. The lowest BCUT2D eigenvalue weighted by Gasteiger charge is -2.39. The first-order valence-electron chi connectivity index (χ1n) is 12.3. The predicted molar refractivity (Wildman–Crippen MR) is 138 cm³/mol. The number of fused-ring (bicyclic) bond motifs is 1. The predicted octanol–water partition coefficient (Wildman–Crippen LogP) is 5.58. The molecule has 4 nitrogen and oxygen atoms in total. The van der Waals surface area contributed by atoms with E-state index in [1.807, 2.05) is 0 Å². The highest BCUT2D eigenvalue weighted by atomic mass is 16.1. The molecular formula is C28H45N3O. The van der Waals surface area contributed by atoms with Gasteiger partial charge >= 0.3 is 0 Å². The van der Waals surface area contributed by atoms with Crippen molar-refractivity contribution in [3.63, 3.8) is 0 Å². The van der Waals surface area contributed by atoms with E-state index in [4.69, 9.17) is 5.73 Å². The Kier molecular flexibility index (Phi) is 9.29. The molecule has 0 aliphatic rings. The average molecular weight is 440 g/mol. The van der Waals surface area contributed by atoms with E-state index >= 15 is 0 Å². The van der Waals surface area contributed by atoms with Crippen LogP contribution >= 0.6 is 0 Å². The molecule has 1 amide bonds. The van der Waals surface area contributed by atoms with Crippen LogP contribution in [0.4, 0.5) is 0 Å². The van der Waals surface area contributed by atoms with E-state index in [1.54, 1.807) is 0 Å². The monoisotopic (exact) mass is 439 g/mol. The van der Waals surface area contributed by atoms with Crippen LogP contribution in [0.25, 0.3) is 10.8 Å². The van der Waals surface area contributed by atoms with E-state index in [0.717, 1.165) is 42.3 Å². The highest BCUT2D eigenvalue weighted by Crippen LogP contribution is 2.38. The maximum Gasteiger partial charge on any atom is 0.228 e. The van der Waals surface area contributed by atoms with E-state index in [0.29, 0.717) is 24.2 Å². The molecule has 0 aliphatic carbocycles. The Balaban J connectivity index is 2.58. The van der Waals surface area contributed by atoms with Crippen molar-refractivity contribution in [1.29, 1.82) is 0 Å². The number of nitrogens with two attached hydrogens (primary N) is 1. The summed E-state index contributed by atoms with van der Waals surface area (Å²) in [6.07, 6.45) is 1.44. The minimum atomic E-state index is -0.717. The first-order chi connectivity index (χ1) is 15.0. The van der Waals surface area contributed by atoms with Crippen molar-refractivity contribution in [3.8, 4) is 0 Å². The summed E-state index contributed by atoms with van der Waals surface area (Å²) < 4.78 is 0. The van der Waals surface area contributed by atoms with Crippen molar-refractivity contribution in [1.82, 2.24) is 9.80 Å². The van der Waals surface area contributed by atoms with Gasteiger partial charge in [0, 0.05) is 37.3 Å². The van der Waals surface area contributed by atoms with Crippen molar-refractivity contribution in [3.05, 3.63) is 48.0 Å². The first-order valence-corrected chi connectivity index (χ1v) is 12.3. The van der Waals surface area contributed by atoms with E-state index in [2.05, 4.69) is 108 Å². The van der Waals surface area contributed by atoms with Gasteiger partial charge in [0.15, 0.2) is 0 Å². The summed E-state index contributed by atoms with van der Waals surface area (Å²) in [6.45, 7) is 19.5. The highest BCUT2D eigenvalue weighted by molar-refractivity contribution is 5.95. The van der Waals surface area contributed by atoms with Gasteiger partial charge in [-0.05, 0) is 84.6 Å². The molecule has 0 atom stereocenters. The van der Waals surface area contributed by atoms with Gasteiger partial charge in [-0.25, -0.2) is 0 Å². The maximum absolute atomic E-state index is 13.4. The summed E-state index contributed by atoms with van der Waals surface area (Å²) >= 11 is 0. The smallest absolute Gasteiger partial charge is 0.228 e. The van der Waals surface area contributed by atoms with E-state index in [-0.39, 0.29) is 5.91 Å². The molecule has 0 saturated heterocycles. The molecule has 2 rings (SSSR count). The second-order valence-corrected chi connectivity index (χ2v) is 10.3. The first kappa shape index (κ1) is 26.3. The van der Waals surface area contributed by atoms with Gasteiger partial charge in [-0.15, -0.1) is 0 Å². The zero-order valence-electron chi connectivity index (χ0n) is 21.6. The molecule has 0 saturated carbocycles. The largest absolute Gasteiger partial charge is 0.369 e. The maximum atomic E-state index is 13.4. The normalized spacial score (nSPS) is 12.9. The summed E-state index contributed by atoms with van der Waals surface area (Å²) in [7, 11) is 0. The minimum absolute atomic E-state index is 0.214. The van der Waals surface area contributed by atoms with Crippen molar-refractivity contribution in [2.24, 2.45) is 5.73 Å². The molecular weight excluding hydrogens is 394 g/mol. The Hall–Kier alpha value is -1.91. The van der Waals surface area contributed by atoms with Crippen LogP contribution in [-0.2, 0) is 10.2 Å². The molecule has 0 radical (unpaired) electrons. The second kappa shape index (κ2) is 11.3. The zero-order chi connectivity index (χ0) is 24.1. The van der Waals surface area contributed by atoms with Crippen LogP contribution in [0.2, 0.25) is 0 Å². The molecule has 0 bridgehead atoms. The Morgan fingerprint density at radius 2 is 1.19 bits per heavy atom. The Labute approximate surface area is 196 Å². The number of carbonyl (C=O) groups is 1. The third kappa shape index (κ3) is 5.90. The number of nitrogens with zero attached hydrogens (tertiary/aromatic N) is 2. The van der Waals surface area contributed by atoms with Gasteiger partial charge in [0.1, 0.15) is 0 Å². The van der Waals surface area contributed by atoms with Gasteiger partial charge in [-0.3, -0.25) is 14.6 Å². The number of primary amides is 1. The third-order valence-corrected chi connectivity index (χ3v) is 7.02. The van der Waals surface area contributed by atoms with Gasteiger partial charge in [-0.2, -0.15) is 0 Å². The van der Waals surface area contributed by atoms with E-state index in [1.165, 1.54) is 0 Å². The molecule has 0 heterocycles. The minimum Gasteiger partial charge on any atom is -0.369 e. The Bertz CT molecular complexity index is 827. The lowest BCUT2D eigenvalue weighted by Crippen LogP contribution is -2.49. The number of amides is 1. The fourth-order valence-corrected chi connectivity index (χ4v) is 5.28. The third-order valence-electron chi connectivity index (χ3n) is 7.02. The summed E-state index contributed by atoms with van der Waals surface area (Å²) in [5.74, 6) is -0.214.